The average molecular weight is 414 g/mol. The number of likely N-dealkylation sites (N-methyl/N-ethyl adjacent to an activating group) is 1. The number of aryl methyl sites for hydroxylation is 1. The van der Waals surface area contributed by atoms with Crippen molar-refractivity contribution in [1.82, 2.24) is 19.6 Å². The van der Waals surface area contributed by atoms with Crippen molar-refractivity contribution in [3.63, 3.8) is 0 Å². The van der Waals surface area contributed by atoms with Gasteiger partial charge in [0.1, 0.15) is 0 Å². The van der Waals surface area contributed by atoms with Crippen molar-refractivity contribution >= 4 is 28.6 Å². The zero-order valence-corrected chi connectivity index (χ0v) is 17.5. The third-order valence-corrected chi connectivity index (χ3v) is 5.27. The van der Waals surface area contributed by atoms with E-state index < -0.39 is 5.91 Å². The van der Waals surface area contributed by atoms with Gasteiger partial charge in [-0.1, -0.05) is 18.2 Å². The molecule has 1 fully saturated rings. The first-order valence-corrected chi connectivity index (χ1v) is 9.99. The molecule has 1 atom stereocenters. The van der Waals surface area contributed by atoms with Crippen LogP contribution >= 0.6 is 0 Å². The Labute approximate surface area is 174 Å². The van der Waals surface area contributed by atoms with Crippen LogP contribution in [0.25, 0.3) is 10.8 Å². The number of fused-ring (bicyclic) bond motifs is 1. The van der Waals surface area contributed by atoms with Gasteiger partial charge in [-0.25, -0.2) is 4.68 Å². The predicted molar refractivity (Wildman–Crippen MR) is 110 cm³/mol. The topological polar surface area (TPSA) is 102 Å². The monoisotopic (exact) mass is 414 g/mol. The van der Waals surface area contributed by atoms with Gasteiger partial charge in [0, 0.05) is 32.6 Å². The quantitative estimate of drug-likeness (QED) is 0.671. The van der Waals surface area contributed by atoms with Crippen molar-refractivity contribution in [3.05, 3.63) is 40.3 Å². The predicted octanol–water partition coefficient (Wildman–Crippen LogP) is 0.807. The van der Waals surface area contributed by atoms with Crippen LogP contribution in [0.1, 0.15) is 30.3 Å². The van der Waals surface area contributed by atoms with E-state index >= 15 is 0 Å². The lowest BCUT2D eigenvalue weighted by Crippen LogP contribution is -2.47. The molecule has 0 bridgehead atoms. The highest BCUT2D eigenvalue weighted by Gasteiger charge is 2.30. The molecule has 1 aromatic carbocycles. The molecule has 1 aliphatic rings. The fourth-order valence-corrected chi connectivity index (χ4v) is 3.67. The molecule has 9 heteroatoms. The number of carbonyl (C=O) groups excluding carboxylic acids is 3. The second-order valence-corrected chi connectivity index (χ2v) is 7.42. The summed E-state index contributed by atoms with van der Waals surface area (Å²) in [4.78, 5) is 52.9. The lowest BCUT2D eigenvalue weighted by atomic mass is 9.98. The molecule has 1 saturated heterocycles. The van der Waals surface area contributed by atoms with Crippen molar-refractivity contribution in [1.29, 1.82) is 0 Å². The number of likely N-dealkylation sites (tertiary alicyclic amines) is 1. The smallest absolute Gasteiger partial charge is 0.310 e. The number of rotatable bonds is 5. The lowest BCUT2D eigenvalue weighted by Gasteiger charge is -2.32. The summed E-state index contributed by atoms with van der Waals surface area (Å²) in [6.07, 6.45) is 1.39. The first kappa shape index (κ1) is 21.5. The van der Waals surface area contributed by atoms with E-state index in [1.807, 2.05) is 0 Å². The van der Waals surface area contributed by atoms with E-state index in [0.29, 0.717) is 43.3 Å². The highest BCUT2D eigenvalue weighted by atomic mass is 16.5. The first-order chi connectivity index (χ1) is 14.3. The van der Waals surface area contributed by atoms with Crippen molar-refractivity contribution in [2.45, 2.75) is 19.8 Å². The first-order valence-electron chi connectivity index (χ1n) is 9.99. The van der Waals surface area contributed by atoms with Crippen LogP contribution in [0.2, 0.25) is 0 Å². The van der Waals surface area contributed by atoms with Gasteiger partial charge in [-0.2, -0.15) is 5.10 Å². The van der Waals surface area contributed by atoms with Gasteiger partial charge in [-0.05, 0) is 25.8 Å². The number of carbonyl (C=O) groups is 3. The minimum Gasteiger partial charge on any atom is -0.466 e. The number of aromatic nitrogens is 2. The third-order valence-electron chi connectivity index (χ3n) is 5.27. The van der Waals surface area contributed by atoms with Crippen molar-refractivity contribution < 1.29 is 19.1 Å². The van der Waals surface area contributed by atoms with Gasteiger partial charge in [0.2, 0.25) is 5.91 Å². The Bertz CT molecular complexity index is 1030. The Morgan fingerprint density at radius 3 is 2.63 bits per heavy atom. The van der Waals surface area contributed by atoms with E-state index in [4.69, 9.17) is 4.74 Å². The van der Waals surface area contributed by atoms with Crippen molar-refractivity contribution in [2.75, 3.05) is 33.3 Å². The highest BCUT2D eigenvalue weighted by molar-refractivity contribution is 6.05. The van der Waals surface area contributed by atoms with Crippen LogP contribution in [-0.4, -0.2) is 70.7 Å². The number of piperidine rings is 1. The number of benzene rings is 1. The molecule has 2 aromatic rings. The molecular formula is C21H26N4O5. The molecule has 2 amide bonds. The van der Waals surface area contributed by atoms with Crippen molar-refractivity contribution in [2.24, 2.45) is 13.0 Å². The largest absolute Gasteiger partial charge is 0.466 e. The van der Waals surface area contributed by atoms with Gasteiger partial charge in [-0.3, -0.25) is 19.2 Å². The Morgan fingerprint density at radius 2 is 1.93 bits per heavy atom. The molecule has 0 radical (unpaired) electrons. The molecule has 1 aliphatic heterocycles. The molecule has 9 nitrogen and oxygen atoms in total. The van der Waals surface area contributed by atoms with Crippen LogP contribution in [0.5, 0.6) is 0 Å². The normalized spacial score (nSPS) is 16.4. The maximum Gasteiger partial charge on any atom is 0.310 e. The van der Waals surface area contributed by atoms with Crippen LogP contribution < -0.4 is 5.56 Å². The maximum absolute atomic E-state index is 13.0. The summed E-state index contributed by atoms with van der Waals surface area (Å²) >= 11 is 0. The second kappa shape index (κ2) is 9.06. The molecule has 1 aromatic heterocycles. The van der Waals surface area contributed by atoms with Crippen LogP contribution in [0.3, 0.4) is 0 Å². The van der Waals surface area contributed by atoms with E-state index in [1.54, 1.807) is 36.1 Å². The summed E-state index contributed by atoms with van der Waals surface area (Å²) in [5.74, 6) is -1.32. The number of ether oxygens (including phenoxy) is 1. The van der Waals surface area contributed by atoms with E-state index in [0.717, 1.165) is 4.68 Å². The highest BCUT2D eigenvalue weighted by Crippen LogP contribution is 2.19. The molecule has 0 saturated carbocycles. The number of nitrogens with zero attached hydrogens (tertiary/aromatic N) is 4. The second-order valence-electron chi connectivity index (χ2n) is 7.42. The molecule has 30 heavy (non-hydrogen) atoms. The molecule has 160 valence electrons. The Balaban J connectivity index is 1.74. The van der Waals surface area contributed by atoms with E-state index in [1.165, 1.54) is 19.0 Å². The van der Waals surface area contributed by atoms with Gasteiger partial charge in [0.05, 0.1) is 24.5 Å². The number of hydrogen-bond acceptors (Lipinski definition) is 6. The van der Waals surface area contributed by atoms with E-state index in [-0.39, 0.29) is 35.6 Å². The lowest BCUT2D eigenvalue weighted by molar-refractivity contribution is -0.151. The fourth-order valence-electron chi connectivity index (χ4n) is 3.67. The Morgan fingerprint density at radius 1 is 1.23 bits per heavy atom. The third kappa shape index (κ3) is 4.34. The summed E-state index contributed by atoms with van der Waals surface area (Å²) < 4.78 is 6.20. The summed E-state index contributed by atoms with van der Waals surface area (Å²) in [5, 5.41) is 4.97. The van der Waals surface area contributed by atoms with Gasteiger partial charge in [0.25, 0.3) is 11.5 Å². The Hall–Kier alpha value is -3.23. The van der Waals surface area contributed by atoms with Crippen LogP contribution in [0, 0.1) is 5.92 Å². The molecule has 1 unspecified atom stereocenters. The van der Waals surface area contributed by atoms with E-state index in [2.05, 4.69) is 5.10 Å². The summed E-state index contributed by atoms with van der Waals surface area (Å²) in [7, 11) is 3.01. The van der Waals surface area contributed by atoms with Crippen molar-refractivity contribution in [3.8, 4) is 0 Å². The Kier molecular flexibility index (Phi) is 6.49. The molecule has 3 rings (SSSR count). The molecule has 0 N–H and O–H groups in total. The molecular weight excluding hydrogens is 388 g/mol. The number of esters is 1. The van der Waals surface area contributed by atoms with Crippen LogP contribution in [0.15, 0.2) is 29.1 Å². The maximum atomic E-state index is 13.0. The minimum atomic E-state index is -0.450. The summed E-state index contributed by atoms with van der Waals surface area (Å²) in [6, 6.07) is 6.77. The zero-order valence-electron chi connectivity index (χ0n) is 17.5. The van der Waals surface area contributed by atoms with Gasteiger partial charge >= 0.3 is 5.97 Å². The summed E-state index contributed by atoms with van der Waals surface area (Å²) in [5.41, 5.74) is -0.176. The molecule has 0 spiro atoms. The average Bonchev–Trinajstić information content (AvgIpc) is 2.76. The number of amides is 2. The van der Waals surface area contributed by atoms with Gasteiger partial charge in [-0.15, -0.1) is 0 Å². The molecule has 0 aliphatic carbocycles. The van der Waals surface area contributed by atoms with Crippen LogP contribution in [-0.2, 0) is 21.4 Å². The minimum absolute atomic E-state index is 0.117. The van der Waals surface area contributed by atoms with Gasteiger partial charge < -0.3 is 14.5 Å². The van der Waals surface area contributed by atoms with Gasteiger partial charge in [0.15, 0.2) is 5.69 Å². The standard InChI is InChI=1S/C21H26N4O5/c1-4-30-21(29)14-8-7-11-25(12-14)17(26)13-23(2)20(28)18-15-9-5-6-10-16(15)19(27)24(3)22-18/h5-6,9-10,14H,4,7-8,11-13H2,1-3H3. The summed E-state index contributed by atoms with van der Waals surface area (Å²) in [6.45, 7) is 2.74. The van der Waals surface area contributed by atoms with Crippen LogP contribution in [0.4, 0.5) is 0 Å². The van der Waals surface area contributed by atoms with E-state index in [9.17, 15) is 19.2 Å². The molecule has 2 heterocycles. The number of hydrogen-bond donors (Lipinski definition) is 0. The SMILES string of the molecule is CCOC(=O)C1CCCN(C(=O)CN(C)C(=O)c2nn(C)c(=O)c3ccccc23)C1. The fraction of sp³-hybridized carbons (Fsp3) is 0.476. The zero-order chi connectivity index (χ0) is 21.8.